The summed E-state index contributed by atoms with van der Waals surface area (Å²) in [4.78, 5) is 52.2. The van der Waals surface area contributed by atoms with Gasteiger partial charge in [0, 0.05) is 36.3 Å². The highest BCUT2D eigenvalue weighted by atomic mass is 32.1. The molecule has 2 unspecified atom stereocenters. The van der Waals surface area contributed by atoms with Crippen LogP contribution in [0.4, 0.5) is 10.1 Å². The molecule has 0 saturated heterocycles. The predicted octanol–water partition coefficient (Wildman–Crippen LogP) is 8.30. The molecule has 53 heavy (non-hydrogen) atoms. The van der Waals surface area contributed by atoms with E-state index in [1.807, 2.05) is 42.5 Å². The van der Waals surface area contributed by atoms with E-state index in [1.54, 1.807) is 67.7 Å². The predicted molar refractivity (Wildman–Crippen MR) is 206 cm³/mol. The molecule has 262 valence electrons. The number of amides is 3. The van der Waals surface area contributed by atoms with Crippen LogP contribution in [-0.4, -0.2) is 40.4 Å². The number of aliphatic imine (C=N–C) groups is 1. The van der Waals surface area contributed by atoms with E-state index in [1.165, 1.54) is 28.4 Å². The Labute approximate surface area is 309 Å². The number of aromatic nitrogens is 1. The molecule has 1 fully saturated rings. The number of hydrogen-bond acceptors (Lipinski definition) is 6. The lowest BCUT2D eigenvalue weighted by molar-refractivity contribution is -0.132. The Hall–Kier alpha value is -6.26. The fourth-order valence-electron chi connectivity index (χ4n) is 6.69. The minimum absolute atomic E-state index is 0.179. The standard InChI is InChI=1S/C43H34FN5O3S/c1-49(25-26-16-18-30(44)19-17-26)43(52)39(28-12-6-3-7-13-28)48-41(51)42-47-35-21-20-31(24-37(35)53-42)45-40(50)33-15-9-8-14-32(33)36-23-29-22-34(29)38(46-36)27-10-4-2-5-11-27/h2-21,23-24,29,34,39H,22,25H2,1H3,(H,45,50)(H,48,51)/t29?,34?,39-/m0/s1. The summed E-state index contributed by atoms with van der Waals surface area (Å²) in [6.45, 7) is 0.235. The fraction of sp³-hybridized carbons (Fsp3) is 0.140. The third-order valence-corrected chi connectivity index (χ3v) is 10.5. The Bertz CT molecular complexity index is 2410. The maximum atomic E-state index is 13.8. The summed E-state index contributed by atoms with van der Waals surface area (Å²) in [7, 11) is 1.64. The molecule has 6 aromatic rings. The molecule has 1 saturated carbocycles. The van der Waals surface area contributed by atoms with Crippen molar-refractivity contribution >= 4 is 56.4 Å². The van der Waals surface area contributed by atoms with Crippen molar-refractivity contribution in [3.05, 3.63) is 172 Å². The van der Waals surface area contributed by atoms with Crippen LogP contribution in [0.3, 0.4) is 0 Å². The Kier molecular flexibility index (Phi) is 9.20. The number of carbonyl (C=O) groups is 3. The summed E-state index contributed by atoms with van der Waals surface area (Å²) in [5, 5.41) is 6.09. The second kappa shape index (κ2) is 14.4. The fourth-order valence-corrected chi connectivity index (χ4v) is 7.60. The van der Waals surface area contributed by atoms with E-state index in [2.05, 4.69) is 33.8 Å². The first-order chi connectivity index (χ1) is 25.8. The van der Waals surface area contributed by atoms with Gasteiger partial charge in [-0.15, -0.1) is 11.3 Å². The molecular weight excluding hydrogens is 686 g/mol. The monoisotopic (exact) mass is 719 g/mol. The Morgan fingerprint density at radius 2 is 1.58 bits per heavy atom. The zero-order chi connectivity index (χ0) is 36.5. The van der Waals surface area contributed by atoms with E-state index < -0.39 is 11.9 Å². The minimum Gasteiger partial charge on any atom is -0.339 e. The third-order valence-electron chi connectivity index (χ3n) is 9.53. The number of allylic oxidation sites excluding steroid dienone is 1. The largest absolute Gasteiger partial charge is 0.339 e. The first-order valence-electron chi connectivity index (χ1n) is 17.3. The molecule has 8 rings (SSSR count). The van der Waals surface area contributed by atoms with Crippen LogP contribution in [0.1, 0.15) is 54.9 Å². The minimum atomic E-state index is -0.978. The normalized spacial score (nSPS) is 16.5. The van der Waals surface area contributed by atoms with E-state index in [0.29, 0.717) is 38.9 Å². The number of anilines is 1. The zero-order valence-electron chi connectivity index (χ0n) is 28.7. The average Bonchev–Trinajstić information content (AvgIpc) is 3.86. The van der Waals surface area contributed by atoms with Crippen LogP contribution in [0, 0.1) is 17.7 Å². The first kappa shape index (κ1) is 33.9. The molecular formula is C43H34FN5O3S. The van der Waals surface area contributed by atoms with Crippen LogP contribution in [0.25, 0.3) is 15.9 Å². The van der Waals surface area contributed by atoms with Crippen LogP contribution < -0.4 is 10.6 Å². The molecule has 2 aliphatic rings. The van der Waals surface area contributed by atoms with E-state index in [4.69, 9.17) is 4.99 Å². The first-order valence-corrected chi connectivity index (χ1v) is 18.1. The summed E-state index contributed by atoms with van der Waals surface area (Å²) in [5.41, 5.74) is 6.77. The van der Waals surface area contributed by atoms with E-state index in [9.17, 15) is 18.8 Å². The summed E-state index contributed by atoms with van der Waals surface area (Å²) < 4.78 is 14.2. The highest BCUT2D eigenvalue weighted by Gasteiger charge is 2.43. The van der Waals surface area contributed by atoms with Crippen LogP contribution in [0.5, 0.6) is 0 Å². The second-order valence-electron chi connectivity index (χ2n) is 13.3. The number of halogens is 1. The molecule has 1 aromatic heterocycles. The van der Waals surface area contributed by atoms with Crippen LogP contribution in [-0.2, 0) is 11.3 Å². The summed E-state index contributed by atoms with van der Waals surface area (Å²) in [6.07, 6.45) is 3.23. The number of likely N-dealkylation sites (N-methyl/N-ethyl adjacent to an activating group) is 1. The van der Waals surface area contributed by atoms with Gasteiger partial charge in [0.25, 0.3) is 11.8 Å². The van der Waals surface area contributed by atoms with Gasteiger partial charge in [-0.05, 0) is 65.4 Å². The van der Waals surface area contributed by atoms with Crippen molar-refractivity contribution in [2.24, 2.45) is 16.8 Å². The molecule has 10 heteroatoms. The number of hydrogen-bond donors (Lipinski definition) is 2. The lowest BCUT2D eigenvalue weighted by Crippen LogP contribution is -2.41. The van der Waals surface area contributed by atoms with Gasteiger partial charge in [-0.2, -0.15) is 0 Å². The molecule has 1 aliphatic carbocycles. The van der Waals surface area contributed by atoms with Crippen LogP contribution >= 0.6 is 11.3 Å². The van der Waals surface area contributed by atoms with Gasteiger partial charge in [-0.25, -0.2) is 9.37 Å². The van der Waals surface area contributed by atoms with Gasteiger partial charge in [0.1, 0.15) is 11.9 Å². The number of carbonyl (C=O) groups excluding carboxylic acids is 3. The average molecular weight is 720 g/mol. The third kappa shape index (κ3) is 7.27. The number of nitrogens with zero attached hydrogens (tertiary/aromatic N) is 3. The van der Waals surface area contributed by atoms with Gasteiger partial charge in [0.05, 0.1) is 21.6 Å². The van der Waals surface area contributed by atoms with Gasteiger partial charge in [-0.1, -0.05) is 97.1 Å². The molecule has 3 amide bonds. The highest BCUT2D eigenvalue weighted by molar-refractivity contribution is 7.20. The van der Waals surface area contributed by atoms with Gasteiger partial charge < -0.3 is 15.5 Å². The number of thiazole rings is 1. The van der Waals surface area contributed by atoms with Gasteiger partial charge in [-0.3, -0.25) is 19.4 Å². The van der Waals surface area contributed by atoms with Crippen molar-refractivity contribution in [3.8, 4) is 0 Å². The van der Waals surface area contributed by atoms with Gasteiger partial charge in [0.2, 0.25) is 5.91 Å². The van der Waals surface area contributed by atoms with Crippen molar-refractivity contribution in [2.45, 2.75) is 19.0 Å². The highest BCUT2D eigenvalue weighted by Crippen LogP contribution is 2.48. The quantitative estimate of drug-likeness (QED) is 0.149. The summed E-state index contributed by atoms with van der Waals surface area (Å²) in [5.74, 6) is -0.632. The Morgan fingerprint density at radius 1 is 0.868 bits per heavy atom. The molecule has 1 aliphatic heterocycles. The van der Waals surface area contributed by atoms with Crippen molar-refractivity contribution in [1.29, 1.82) is 0 Å². The number of fused-ring (bicyclic) bond motifs is 2. The number of benzene rings is 5. The van der Waals surface area contributed by atoms with Crippen molar-refractivity contribution in [3.63, 3.8) is 0 Å². The van der Waals surface area contributed by atoms with E-state index in [-0.39, 0.29) is 29.2 Å². The van der Waals surface area contributed by atoms with E-state index in [0.717, 1.165) is 34.5 Å². The second-order valence-corrected chi connectivity index (χ2v) is 14.3. The van der Waals surface area contributed by atoms with Crippen LogP contribution in [0.2, 0.25) is 0 Å². The Morgan fingerprint density at radius 3 is 2.36 bits per heavy atom. The number of rotatable bonds is 10. The maximum absolute atomic E-state index is 13.8. The smallest absolute Gasteiger partial charge is 0.281 e. The SMILES string of the molecule is CN(Cc1ccc(F)cc1)C(=O)[C@@H](NC(=O)c1nc2ccc(NC(=O)c3ccccc3C3=CC4CC4C(c4ccccc4)=N3)cc2s1)c1ccccc1. The molecule has 2 N–H and O–H groups in total. The van der Waals surface area contributed by atoms with Gasteiger partial charge in [0.15, 0.2) is 5.01 Å². The van der Waals surface area contributed by atoms with Gasteiger partial charge >= 0.3 is 0 Å². The summed E-state index contributed by atoms with van der Waals surface area (Å²) in [6, 6.07) is 37.0. The molecule has 8 nitrogen and oxygen atoms in total. The molecule has 5 aromatic carbocycles. The molecule has 0 spiro atoms. The number of nitrogens with one attached hydrogen (secondary N) is 2. The topological polar surface area (TPSA) is 104 Å². The summed E-state index contributed by atoms with van der Waals surface area (Å²) >= 11 is 1.17. The van der Waals surface area contributed by atoms with Crippen molar-refractivity contribution in [2.75, 3.05) is 12.4 Å². The Balaban J connectivity index is 0.995. The molecule has 0 radical (unpaired) electrons. The lowest BCUT2D eigenvalue weighted by Gasteiger charge is -2.25. The lowest BCUT2D eigenvalue weighted by atomic mass is 9.97. The molecule has 2 heterocycles. The molecule has 0 bridgehead atoms. The van der Waals surface area contributed by atoms with Crippen molar-refractivity contribution < 1.29 is 18.8 Å². The maximum Gasteiger partial charge on any atom is 0.281 e. The molecule has 3 atom stereocenters. The zero-order valence-corrected chi connectivity index (χ0v) is 29.5. The van der Waals surface area contributed by atoms with E-state index >= 15 is 0 Å². The van der Waals surface area contributed by atoms with Crippen LogP contribution in [0.15, 0.2) is 138 Å². The van der Waals surface area contributed by atoms with Crippen molar-refractivity contribution in [1.82, 2.24) is 15.2 Å².